The number of amides is 1. The lowest BCUT2D eigenvalue weighted by Gasteiger charge is -2.33. The van der Waals surface area contributed by atoms with Crippen LogP contribution in [0.25, 0.3) is 0 Å². The van der Waals surface area contributed by atoms with Crippen LogP contribution in [0, 0.1) is 0 Å². The van der Waals surface area contributed by atoms with Crippen molar-refractivity contribution < 1.29 is 17.9 Å². The average molecular weight is 383 g/mol. The van der Waals surface area contributed by atoms with Gasteiger partial charge in [0.25, 0.3) is 0 Å². The van der Waals surface area contributed by atoms with Gasteiger partial charge < -0.3 is 9.64 Å². The Morgan fingerprint density at radius 1 is 1.15 bits per heavy atom. The molecule has 2 rings (SSSR count). The van der Waals surface area contributed by atoms with Gasteiger partial charge in [-0.3, -0.25) is 9.10 Å². The summed E-state index contributed by atoms with van der Waals surface area (Å²) in [5.74, 6) is 0.493. The fourth-order valence-corrected chi connectivity index (χ4v) is 4.12. The molecular formula is C19H30N2O4S. The minimum absolute atomic E-state index is 0.0394. The van der Waals surface area contributed by atoms with Crippen LogP contribution in [0.3, 0.4) is 0 Å². The van der Waals surface area contributed by atoms with Crippen LogP contribution in [0.5, 0.6) is 5.75 Å². The number of anilines is 1. The molecule has 26 heavy (non-hydrogen) atoms. The van der Waals surface area contributed by atoms with E-state index in [9.17, 15) is 13.2 Å². The highest BCUT2D eigenvalue weighted by atomic mass is 32.2. The van der Waals surface area contributed by atoms with Crippen LogP contribution < -0.4 is 9.04 Å². The predicted molar refractivity (Wildman–Crippen MR) is 104 cm³/mol. The van der Waals surface area contributed by atoms with Crippen molar-refractivity contribution in [2.24, 2.45) is 0 Å². The molecule has 146 valence electrons. The van der Waals surface area contributed by atoms with E-state index < -0.39 is 10.0 Å². The summed E-state index contributed by atoms with van der Waals surface area (Å²) in [6.45, 7) is 3.67. The summed E-state index contributed by atoms with van der Waals surface area (Å²) in [5.41, 5.74) is 0.467. The standard InChI is InChI=1S/C19H30N2O4S/c1-15(2)25-18-12-10-17(11-13-18)21(26(4,23)24)14-19(22)20(3)16-8-6-5-7-9-16/h10-13,15-16H,5-9,14H2,1-4H3. The second kappa shape index (κ2) is 8.75. The second-order valence-electron chi connectivity index (χ2n) is 7.23. The Hall–Kier alpha value is -1.76. The van der Waals surface area contributed by atoms with E-state index in [1.165, 1.54) is 6.42 Å². The van der Waals surface area contributed by atoms with Crippen LogP contribution in [-0.2, 0) is 14.8 Å². The summed E-state index contributed by atoms with van der Waals surface area (Å²) >= 11 is 0. The van der Waals surface area contributed by atoms with Crippen molar-refractivity contribution in [1.82, 2.24) is 4.90 Å². The Bertz CT molecular complexity index is 695. The lowest BCUT2D eigenvalue weighted by atomic mass is 9.94. The molecule has 0 N–H and O–H groups in total. The third-order valence-electron chi connectivity index (χ3n) is 4.69. The number of benzene rings is 1. The number of rotatable bonds is 7. The lowest BCUT2D eigenvalue weighted by Crippen LogP contribution is -2.45. The maximum atomic E-state index is 12.7. The van der Waals surface area contributed by atoms with Crippen LogP contribution in [-0.4, -0.2) is 51.2 Å². The van der Waals surface area contributed by atoms with Crippen molar-refractivity contribution in [1.29, 1.82) is 0 Å². The number of likely N-dealkylation sites (N-methyl/N-ethyl adjacent to an activating group) is 1. The summed E-state index contributed by atoms with van der Waals surface area (Å²) in [6.07, 6.45) is 6.59. The SMILES string of the molecule is CC(C)Oc1ccc(N(CC(=O)N(C)C2CCCCC2)S(C)(=O)=O)cc1. The molecule has 1 saturated carbocycles. The maximum Gasteiger partial charge on any atom is 0.243 e. The molecule has 1 aliphatic carbocycles. The van der Waals surface area contributed by atoms with Crippen molar-refractivity contribution in [2.45, 2.75) is 58.1 Å². The average Bonchev–Trinajstić information content (AvgIpc) is 2.59. The smallest absolute Gasteiger partial charge is 0.243 e. The number of carbonyl (C=O) groups is 1. The van der Waals surface area contributed by atoms with Crippen molar-refractivity contribution in [3.8, 4) is 5.75 Å². The minimum atomic E-state index is -3.57. The van der Waals surface area contributed by atoms with Crippen LogP contribution in [0.1, 0.15) is 46.0 Å². The molecule has 0 unspecified atom stereocenters. The molecule has 0 radical (unpaired) electrons. The van der Waals surface area contributed by atoms with E-state index in [-0.39, 0.29) is 24.6 Å². The highest BCUT2D eigenvalue weighted by Gasteiger charge is 2.27. The van der Waals surface area contributed by atoms with Crippen LogP contribution >= 0.6 is 0 Å². The van der Waals surface area contributed by atoms with Gasteiger partial charge in [-0.05, 0) is 51.0 Å². The molecule has 6 nitrogen and oxygen atoms in total. The molecule has 0 heterocycles. The van der Waals surface area contributed by atoms with Gasteiger partial charge in [0.05, 0.1) is 18.0 Å². The largest absolute Gasteiger partial charge is 0.491 e. The summed E-state index contributed by atoms with van der Waals surface area (Å²) in [6, 6.07) is 7.00. The lowest BCUT2D eigenvalue weighted by molar-refractivity contribution is -0.130. The summed E-state index contributed by atoms with van der Waals surface area (Å²) in [4.78, 5) is 14.4. The topological polar surface area (TPSA) is 66.9 Å². The molecule has 0 atom stereocenters. The number of hydrogen-bond donors (Lipinski definition) is 0. The normalized spacial score (nSPS) is 15.7. The van der Waals surface area contributed by atoms with Gasteiger partial charge in [0, 0.05) is 13.1 Å². The number of nitrogens with zero attached hydrogens (tertiary/aromatic N) is 2. The van der Waals surface area contributed by atoms with Crippen molar-refractivity contribution in [3.63, 3.8) is 0 Å². The first-order valence-electron chi connectivity index (χ1n) is 9.18. The molecule has 1 amide bonds. The highest BCUT2D eigenvalue weighted by Crippen LogP contribution is 2.24. The van der Waals surface area contributed by atoms with E-state index >= 15 is 0 Å². The first-order chi connectivity index (χ1) is 12.2. The molecule has 7 heteroatoms. The Balaban J connectivity index is 2.13. The predicted octanol–water partition coefficient (Wildman–Crippen LogP) is 3.03. The van der Waals surface area contributed by atoms with Gasteiger partial charge in [-0.25, -0.2) is 8.42 Å². The quantitative estimate of drug-likeness (QED) is 0.727. The molecule has 0 spiro atoms. The Morgan fingerprint density at radius 2 is 1.73 bits per heavy atom. The number of sulfonamides is 1. The molecule has 0 bridgehead atoms. The minimum Gasteiger partial charge on any atom is -0.491 e. The summed E-state index contributed by atoms with van der Waals surface area (Å²) in [5, 5.41) is 0. The maximum absolute atomic E-state index is 12.7. The molecule has 0 aromatic heterocycles. The highest BCUT2D eigenvalue weighted by molar-refractivity contribution is 7.92. The van der Waals surface area contributed by atoms with E-state index in [0.29, 0.717) is 11.4 Å². The van der Waals surface area contributed by atoms with Crippen molar-refractivity contribution >= 4 is 21.6 Å². The molecule has 1 aliphatic rings. The fraction of sp³-hybridized carbons (Fsp3) is 0.632. The van der Waals surface area contributed by atoms with Crippen LogP contribution in [0.15, 0.2) is 24.3 Å². The molecule has 1 aromatic carbocycles. The zero-order chi connectivity index (χ0) is 19.3. The molecule has 0 aliphatic heterocycles. The zero-order valence-corrected chi connectivity index (χ0v) is 17.0. The van der Waals surface area contributed by atoms with Gasteiger partial charge in [-0.15, -0.1) is 0 Å². The van der Waals surface area contributed by atoms with E-state index in [1.807, 2.05) is 13.8 Å². The van der Waals surface area contributed by atoms with Gasteiger partial charge in [0.1, 0.15) is 12.3 Å². The van der Waals surface area contributed by atoms with Crippen molar-refractivity contribution in [2.75, 3.05) is 24.2 Å². The molecule has 0 saturated heterocycles. The van der Waals surface area contributed by atoms with E-state index in [2.05, 4.69) is 0 Å². The molecular weight excluding hydrogens is 352 g/mol. The van der Waals surface area contributed by atoms with Gasteiger partial charge in [0.2, 0.25) is 15.9 Å². The van der Waals surface area contributed by atoms with Gasteiger partial charge in [-0.1, -0.05) is 19.3 Å². The van der Waals surface area contributed by atoms with E-state index in [1.54, 1.807) is 36.2 Å². The second-order valence-corrected chi connectivity index (χ2v) is 9.13. The summed E-state index contributed by atoms with van der Waals surface area (Å²) < 4.78 is 31.3. The number of hydrogen-bond acceptors (Lipinski definition) is 4. The van der Waals surface area contributed by atoms with Crippen molar-refractivity contribution in [3.05, 3.63) is 24.3 Å². The van der Waals surface area contributed by atoms with Gasteiger partial charge in [-0.2, -0.15) is 0 Å². The Kier molecular flexibility index (Phi) is 6.92. The van der Waals surface area contributed by atoms with E-state index in [0.717, 1.165) is 36.2 Å². The zero-order valence-electron chi connectivity index (χ0n) is 16.1. The number of carbonyl (C=O) groups excluding carboxylic acids is 1. The first-order valence-corrected chi connectivity index (χ1v) is 11.0. The van der Waals surface area contributed by atoms with Gasteiger partial charge in [0.15, 0.2) is 0 Å². The van der Waals surface area contributed by atoms with E-state index in [4.69, 9.17) is 4.74 Å². The fourth-order valence-electron chi connectivity index (χ4n) is 3.27. The number of ether oxygens (including phenoxy) is 1. The third-order valence-corrected chi connectivity index (χ3v) is 5.83. The monoisotopic (exact) mass is 382 g/mol. The van der Waals surface area contributed by atoms with Crippen LogP contribution in [0.4, 0.5) is 5.69 Å². The first kappa shape index (κ1) is 20.6. The Labute approximate surface area is 157 Å². The third kappa shape index (κ3) is 5.62. The van der Waals surface area contributed by atoms with Crippen LogP contribution in [0.2, 0.25) is 0 Å². The van der Waals surface area contributed by atoms with Gasteiger partial charge >= 0.3 is 0 Å². The molecule has 1 fully saturated rings. The molecule has 1 aromatic rings. The Morgan fingerprint density at radius 3 is 2.23 bits per heavy atom. The summed E-state index contributed by atoms with van der Waals surface area (Å²) in [7, 11) is -1.79.